The van der Waals surface area contributed by atoms with Gasteiger partial charge in [-0.3, -0.25) is 9.69 Å². The van der Waals surface area contributed by atoms with Crippen molar-refractivity contribution < 1.29 is 4.79 Å². The lowest BCUT2D eigenvalue weighted by atomic mass is 9.91. The number of primary amides is 1. The first-order valence-electron chi connectivity index (χ1n) is 7.89. The lowest BCUT2D eigenvalue weighted by molar-refractivity contribution is -0.123. The monoisotopic (exact) mass is 294 g/mol. The molecular weight excluding hydrogens is 272 g/mol. The number of amides is 1. The Labute approximate surface area is 131 Å². The van der Waals surface area contributed by atoms with Gasteiger partial charge in [0.05, 0.1) is 12.0 Å². The van der Waals surface area contributed by atoms with Gasteiger partial charge >= 0.3 is 0 Å². The molecule has 1 aliphatic rings. The van der Waals surface area contributed by atoms with Crippen LogP contribution in [0.4, 0.5) is 0 Å². The third-order valence-electron chi connectivity index (χ3n) is 4.45. The Hall–Kier alpha value is -2.13. The highest BCUT2D eigenvalue weighted by molar-refractivity contribution is 5.77. The number of nitrogens with zero attached hydrogens (tertiary/aromatic N) is 1. The fourth-order valence-corrected chi connectivity index (χ4v) is 3.36. The molecule has 1 unspecified atom stereocenters. The number of benzene rings is 2. The Morgan fingerprint density at radius 1 is 1.00 bits per heavy atom. The molecule has 114 valence electrons. The third kappa shape index (κ3) is 3.20. The Bertz CT molecular complexity index is 572. The summed E-state index contributed by atoms with van der Waals surface area (Å²) in [5.41, 5.74) is 8.07. The zero-order valence-corrected chi connectivity index (χ0v) is 12.7. The SMILES string of the molecule is NC(=O)C1CCCN(C(c2ccccc2)c2ccccc2)C1. The van der Waals surface area contributed by atoms with Crippen LogP contribution >= 0.6 is 0 Å². The lowest BCUT2D eigenvalue weighted by Crippen LogP contribution is -2.43. The molecule has 0 aromatic heterocycles. The van der Waals surface area contributed by atoms with Crippen LogP contribution < -0.4 is 5.73 Å². The van der Waals surface area contributed by atoms with Crippen molar-refractivity contribution in [1.29, 1.82) is 0 Å². The molecule has 2 N–H and O–H groups in total. The van der Waals surface area contributed by atoms with Gasteiger partial charge in [0.2, 0.25) is 5.91 Å². The summed E-state index contributed by atoms with van der Waals surface area (Å²) in [6.07, 6.45) is 1.92. The van der Waals surface area contributed by atoms with Crippen LogP contribution in [0.25, 0.3) is 0 Å². The van der Waals surface area contributed by atoms with Crippen LogP contribution in [-0.4, -0.2) is 23.9 Å². The van der Waals surface area contributed by atoms with E-state index in [-0.39, 0.29) is 17.9 Å². The van der Waals surface area contributed by atoms with Crippen LogP contribution in [0.1, 0.15) is 30.0 Å². The number of rotatable bonds is 4. The van der Waals surface area contributed by atoms with Crippen molar-refractivity contribution in [2.45, 2.75) is 18.9 Å². The van der Waals surface area contributed by atoms with Gasteiger partial charge in [0.25, 0.3) is 0 Å². The topological polar surface area (TPSA) is 46.3 Å². The standard InChI is InChI=1S/C19H22N2O/c20-19(22)17-12-7-13-21(14-17)18(15-8-3-1-4-9-15)16-10-5-2-6-11-16/h1-6,8-11,17-18H,7,12-14H2,(H2,20,22). The molecule has 3 heteroatoms. The van der Waals surface area contributed by atoms with Gasteiger partial charge in [0.1, 0.15) is 0 Å². The first-order valence-corrected chi connectivity index (χ1v) is 7.89. The number of hydrogen-bond donors (Lipinski definition) is 1. The van der Waals surface area contributed by atoms with Gasteiger partial charge in [-0.05, 0) is 30.5 Å². The van der Waals surface area contributed by atoms with Crippen LogP contribution in [0.3, 0.4) is 0 Å². The quantitative estimate of drug-likeness (QED) is 0.942. The summed E-state index contributed by atoms with van der Waals surface area (Å²) in [6, 6.07) is 21.2. The molecule has 0 bridgehead atoms. The van der Waals surface area contributed by atoms with Crippen molar-refractivity contribution in [2.75, 3.05) is 13.1 Å². The summed E-state index contributed by atoms with van der Waals surface area (Å²) >= 11 is 0. The second kappa shape index (κ2) is 6.75. The molecule has 22 heavy (non-hydrogen) atoms. The fraction of sp³-hybridized carbons (Fsp3) is 0.316. The molecule has 3 rings (SSSR count). The molecule has 1 saturated heterocycles. The van der Waals surface area contributed by atoms with Crippen molar-refractivity contribution >= 4 is 5.91 Å². The summed E-state index contributed by atoms with van der Waals surface area (Å²) in [6.45, 7) is 1.74. The summed E-state index contributed by atoms with van der Waals surface area (Å²) in [5, 5.41) is 0. The second-order valence-corrected chi connectivity index (χ2v) is 5.96. The minimum atomic E-state index is -0.176. The van der Waals surface area contributed by atoms with E-state index in [4.69, 9.17) is 5.73 Å². The minimum Gasteiger partial charge on any atom is -0.369 e. The Kier molecular flexibility index (Phi) is 4.54. The summed E-state index contributed by atoms with van der Waals surface area (Å²) in [7, 11) is 0. The average Bonchev–Trinajstić information content (AvgIpc) is 2.57. The number of nitrogens with two attached hydrogens (primary N) is 1. The molecular formula is C19H22N2O. The maximum absolute atomic E-state index is 11.6. The highest BCUT2D eigenvalue weighted by atomic mass is 16.1. The molecule has 1 heterocycles. The zero-order valence-electron chi connectivity index (χ0n) is 12.7. The summed E-state index contributed by atoms with van der Waals surface area (Å²) in [5.74, 6) is -0.215. The fourth-order valence-electron chi connectivity index (χ4n) is 3.36. The van der Waals surface area contributed by atoms with Crippen LogP contribution in [0.2, 0.25) is 0 Å². The normalized spacial score (nSPS) is 19.2. The zero-order chi connectivity index (χ0) is 15.4. The average molecular weight is 294 g/mol. The number of piperidine rings is 1. The largest absolute Gasteiger partial charge is 0.369 e. The summed E-state index contributed by atoms with van der Waals surface area (Å²) < 4.78 is 0. The van der Waals surface area contributed by atoms with E-state index in [1.54, 1.807) is 0 Å². The van der Waals surface area contributed by atoms with Crippen molar-refractivity contribution in [3.63, 3.8) is 0 Å². The molecule has 0 aliphatic carbocycles. The van der Waals surface area contributed by atoms with E-state index >= 15 is 0 Å². The lowest BCUT2D eigenvalue weighted by Gasteiger charge is -2.38. The van der Waals surface area contributed by atoms with Crippen molar-refractivity contribution in [2.24, 2.45) is 11.7 Å². The minimum absolute atomic E-state index is 0.0383. The molecule has 0 spiro atoms. The van der Waals surface area contributed by atoms with Gasteiger partial charge in [0.15, 0.2) is 0 Å². The van der Waals surface area contributed by atoms with Crippen molar-refractivity contribution in [3.8, 4) is 0 Å². The van der Waals surface area contributed by atoms with Gasteiger partial charge < -0.3 is 5.73 Å². The molecule has 0 saturated carbocycles. The second-order valence-electron chi connectivity index (χ2n) is 5.96. The molecule has 1 amide bonds. The number of likely N-dealkylation sites (tertiary alicyclic amines) is 1. The smallest absolute Gasteiger partial charge is 0.221 e. The van der Waals surface area contributed by atoms with E-state index in [2.05, 4.69) is 53.4 Å². The van der Waals surface area contributed by atoms with Crippen LogP contribution in [0.15, 0.2) is 60.7 Å². The molecule has 1 aliphatic heterocycles. The third-order valence-corrected chi connectivity index (χ3v) is 4.45. The van der Waals surface area contributed by atoms with Gasteiger partial charge in [-0.2, -0.15) is 0 Å². The molecule has 1 fully saturated rings. The summed E-state index contributed by atoms with van der Waals surface area (Å²) in [4.78, 5) is 14.0. The van der Waals surface area contributed by atoms with Gasteiger partial charge in [-0.25, -0.2) is 0 Å². The Balaban J connectivity index is 1.94. The van der Waals surface area contributed by atoms with Gasteiger partial charge in [-0.15, -0.1) is 0 Å². The van der Waals surface area contributed by atoms with E-state index in [0.717, 1.165) is 25.9 Å². The molecule has 0 radical (unpaired) electrons. The van der Waals surface area contributed by atoms with Crippen LogP contribution in [0.5, 0.6) is 0 Å². The first kappa shape index (κ1) is 14.8. The Morgan fingerprint density at radius 2 is 1.55 bits per heavy atom. The van der Waals surface area contributed by atoms with E-state index in [9.17, 15) is 4.79 Å². The molecule has 2 aromatic carbocycles. The molecule has 3 nitrogen and oxygen atoms in total. The predicted octanol–water partition coefficient (Wildman–Crippen LogP) is 2.97. The van der Waals surface area contributed by atoms with Crippen molar-refractivity contribution in [1.82, 2.24) is 4.90 Å². The Morgan fingerprint density at radius 3 is 2.05 bits per heavy atom. The highest BCUT2D eigenvalue weighted by Crippen LogP contribution is 2.32. The maximum atomic E-state index is 11.6. The molecule has 2 aromatic rings. The highest BCUT2D eigenvalue weighted by Gasteiger charge is 2.30. The first-order chi connectivity index (χ1) is 10.8. The van der Waals surface area contributed by atoms with E-state index in [1.807, 2.05) is 12.1 Å². The van der Waals surface area contributed by atoms with Crippen molar-refractivity contribution in [3.05, 3.63) is 71.8 Å². The van der Waals surface area contributed by atoms with Gasteiger partial charge in [0, 0.05) is 6.54 Å². The van der Waals surface area contributed by atoms with E-state index in [0.29, 0.717) is 0 Å². The molecule has 1 atom stereocenters. The van der Waals surface area contributed by atoms with Crippen LogP contribution in [0, 0.1) is 5.92 Å². The van der Waals surface area contributed by atoms with E-state index < -0.39 is 0 Å². The predicted molar refractivity (Wildman–Crippen MR) is 88.2 cm³/mol. The number of carbonyl (C=O) groups excluding carboxylic acids is 1. The number of carbonyl (C=O) groups is 1. The number of hydrogen-bond acceptors (Lipinski definition) is 2. The van der Waals surface area contributed by atoms with Crippen LogP contribution in [-0.2, 0) is 4.79 Å². The van der Waals surface area contributed by atoms with E-state index in [1.165, 1.54) is 11.1 Å². The van der Waals surface area contributed by atoms with Gasteiger partial charge in [-0.1, -0.05) is 60.7 Å². The maximum Gasteiger partial charge on any atom is 0.221 e.